The van der Waals surface area contributed by atoms with Gasteiger partial charge in [-0.25, -0.2) is 0 Å². The molecule has 0 aromatic heterocycles. The fraction of sp³-hybridized carbons (Fsp3) is 1.00. The first-order valence-corrected chi connectivity index (χ1v) is 47.8. The van der Waals surface area contributed by atoms with E-state index in [0.717, 1.165) is 0 Å². The minimum absolute atomic E-state index is 0.170. The Morgan fingerprint density at radius 2 is 0.564 bits per heavy atom. The van der Waals surface area contributed by atoms with Crippen LogP contribution in [0.3, 0.4) is 0 Å². The molecule has 0 amide bonds. The summed E-state index contributed by atoms with van der Waals surface area (Å²) < 4.78 is 76.8. The summed E-state index contributed by atoms with van der Waals surface area (Å²) in [5.41, 5.74) is 0. The van der Waals surface area contributed by atoms with E-state index in [9.17, 15) is 0 Å². The van der Waals surface area contributed by atoms with Gasteiger partial charge in [0.15, 0.2) is 79.1 Å². The Bertz CT molecular complexity index is 1180. The van der Waals surface area contributed by atoms with Gasteiger partial charge in [-0.05, 0) is 157 Å². The first-order chi connectivity index (χ1) is 24.2. The van der Waals surface area contributed by atoms with Crippen LogP contribution in [-0.2, 0) is 49.6 Å². The van der Waals surface area contributed by atoms with Crippen molar-refractivity contribution in [2.75, 3.05) is 13.2 Å². The maximum Gasteiger partial charge on any atom is 0.187 e. The summed E-state index contributed by atoms with van der Waals surface area (Å²) in [7, 11) is -16.8. The molecule has 10 atom stereocenters. The standard InChI is InChI=1S/C36H86O11Si8/c1-48(2,3)38-26-28-30(42-50(7,8)9)31(43-51(10,11)12)33(45-53(16,17)18)35(39-28)37-25-27-29(41-49(4,5)6)32(44-52(13,14)15)34(46-54(19,20)21)36(40-27)47-55(22,23)24/h27-36H,25-26H2,1-24H3/t27?,28?,29-,30+,31-,32-,33?,34?,35+,36+/m1/s1. The summed E-state index contributed by atoms with van der Waals surface area (Å²) in [5.74, 6) is 0. The number of rotatable bonds is 20. The predicted octanol–water partition coefficient (Wildman–Crippen LogP) is 9.48. The molecule has 0 radical (unpaired) electrons. The lowest BCUT2D eigenvalue weighted by molar-refractivity contribution is -0.314. The Balaban J connectivity index is 2.76. The SMILES string of the molecule is C[Si](C)(C)OCC1O[C@H](OCC2O[C@@H](O[Si](C)(C)C)C(O[Si](C)(C)C)[C@H](O[Si](C)(C)C)[C@@H]2O[Si](C)(C)C)C(O[Si](C)(C)C)[C@H](O[Si](C)(C)C)[C@H]1O[Si](C)(C)C. The van der Waals surface area contributed by atoms with Crippen molar-refractivity contribution in [2.45, 2.75) is 219 Å². The van der Waals surface area contributed by atoms with Gasteiger partial charge in [0.25, 0.3) is 0 Å². The summed E-state index contributed by atoms with van der Waals surface area (Å²) >= 11 is 0. The highest BCUT2D eigenvalue weighted by atomic mass is 28.4. The minimum Gasteiger partial charge on any atom is -0.415 e. The quantitative estimate of drug-likeness (QED) is 0.109. The summed E-state index contributed by atoms with van der Waals surface area (Å²) in [5, 5.41) is 0. The van der Waals surface area contributed by atoms with Crippen molar-refractivity contribution in [1.29, 1.82) is 0 Å². The molecule has 328 valence electrons. The van der Waals surface area contributed by atoms with E-state index in [-0.39, 0.29) is 12.7 Å². The van der Waals surface area contributed by atoms with Crippen LogP contribution >= 0.6 is 0 Å². The van der Waals surface area contributed by atoms with Gasteiger partial charge in [0.05, 0.1) is 13.2 Å². The van der Waals surface area contributed by atoms with Crippen LogP contribution in [-0.4, -0.2) is 141 Å². The van der Waals surface area contributed by atoms with Crippen molar-refractivity contribution in [3.63, 3.8) is 0 Å². The Morgan fingerprint density at radius 3 is 0.891 bits per heavy atom. The van der Waals surface area contributed by atoms with Crippen LogP contribution < -0.4 is 0 Å². The van der Waals surface area contributed by atoms with E-state index in [4.69, 9.17) is 49.6 Å². The molecular formula is C36H86O11Si8. The number of ether oxygens (including phenoxy) is 3. The van der Waals surface area contributed by atoms with Crippen LogP contribution in [0, 0.1) is 0 Å². The van der Waals surface area contributed by atoms with E-state index in [1.54, 1.807) is 0 Å². The zero-order chi connectivity index (χ0) is 43.0. The maximum atomic E-state index is 7.11. The molecule has 2 rings (SSSR count). The highest BCUT2D eigenvalue weighted by Gasteiger charge is 2.55. The minimum atomic E-state index is -2.17. The van der Waals surface area contributed by atoms with Crippen molar-refractivity contribution < 1.29 is 49.6 Å². The molecule has 55 heavy (non-hydrogen) atoms. The van der Waals surface area contributed by atoms with Gasteiger partial charge in [-0.1, -0.05) is 0 Å². The van der Waals surface area contributed by atoms with Gasteiger partial charge in [0.1, 0.15) is 48.8 Å². The largest absolute Gasteiger partial charge is 0.415 e. The Morgan fingerprint density at radius 1 is 0.291 bits per heavy atom. The molecule has 2 saturated heterocycles. The average molecular weight is 920 g/mol. The molecule has 0 N–H and O–H groups in total. The van der Waals surface area contributed by atoms with Crippen LogP contribution in [0.25, 0.3) is 0 Å². The molecule has 4 unspecified atom stereocenters. The van der Waals surface area contributed by atoms with E-state index in [1.807, 2.05) is 0 Å². The van der Waals surface area contributed by atoms with E-state index in [0.29, 0.717) is 6.61 Å². The van der Waals surface area contributed by atoms with E-state index in [1.165, 1.54) is 0 Å². The highest BCUT2D eigenvalue weighted by molar-refractivity contribution is 6.72. The second-order valence-corrected chi connectivity index (χ2v) is 59.0. The molecule has 19 heteroatoms. The second-order valence-electron chi connectivity index (χ2n) is 23.2. The highest BCUT2D eigenvalue weighted by Crippen LogP contribution is 2.38. The van der Waals surface area contributed by atoms with Gasteiger partial charge in [-0.2, -0.15) is 0 Å². The fourth-order valence-electron chi connectivity index (χ4n) is 6.38. The van der Waals surface area contributed by atoms with E-state index >= 15 is 0 Å². The monoisotopic (exact) mass is 918 g/mol. The number of hydrogen-bond acceptors (Lipinski definition) is 11. The lowest BCUT2D eigenvalue weighted by Crippen LogP contribution is -2.68. The van der Waals surface area contributed by atoms with Gasteiger partial charge in [-0.3, -0.25) is 0 Å². The molecule has 0 bridgehead atoms. The maximum absolute atomic E-state index is 7.11. The van der Waals surface area contributed by atoms with Gasteiger partial charge >= 0.3 is 0 Å². The first-order valence-electron chi connectivity index (χ1n) is 20.5. The van der Waals surface area contributed by atoms with Crippen molar-refractivity contribution in [3.05, 3.63) is 0 Å². The first kappa shape index (κ1) is 52.4. The molecule has 0 saturated carbocycles. The van der Waals surface area contributed by atoms with Crippen molar-refractivity contribution in [2.24, 2.45) is 0 Å². The van der Waals surface area contributed by atoms with Gasteiger partial charge in [0.2, 0.25) is 0 Å². The third-order valence-electron chi connectivity index (χ3n) is 7.70. The van der Waals surface area contributed by atoms with Crippen LogP contribution in [0.4, 0.5) is 0 Å². The van der Waals surface area contributed by atoms with Crippen LogP contribution in [0.2, 0.25) is 157 Å². The molecule has 0 aliphatic carbocycles. The topological polar surface area (TPSA) is 102 Å². The normalized spacial score (nSPS) is 31.2. The van der Waals surface area contributed by atoms with Crippen LogP contribution in [0.15, 0.2) is 0 Å². The number of hydrogen-bond donors (Lipinski definition) is 0. The van der Waals surface area contributed by atoms with Gasteiger partial charge in [-0.15, -0.1) is 0 Å². The zero-order valence-corrected chi connectivity index (χ0v) is 47.7. The third kappa shape index (κ3) is 20.6. The van der Waals surface area contributed by atoms with Gasteiger partial charge in [0, 0.05) is 0 Å². The third-order valence-corrected chi connectivity index (χ3v) is 15.5. The summed E-state index contributed by atoms with van der Waals surface area (Å²) in [4.78, 5) is 0. The molecule has 2 aliphatic heterocycles. The molecule has 0 aromatic carbocycles. The average Bonchev–Trinajstić information content (AvgIpc) is 2.87. The van der Waals surface area contributed by atoms with Crippen molar-refractivity contribution >= 4 is 66.5 Å². The van der Waals surface area contributed by atoms with Crippen molar-refractivity contribution in [1.82, 2.24) is 0 Å². The summed E-state index contributed by atoms with van der Waals surface area (Å²) in [6, 6.07) is 0. The summed E-state index contributed by atoms with van der Waals surface area (Å²) in [6.45, 7) is 53.4. The van der Waals surface area contributed by atoms with Crippen molar-refractivity contribution in [3.8, 4) is 0 Å². The molecular weight excluding hydrogens is 833 g/mol. The van der Waals surface area contributed by atoms with E-state index < -0.39 is 122 Å². The Labute approximate surface area is 346 Å². The molecule has 2 fully saturated rings. The molecule has 2 aliphatic rings. The molecule has 0 aromatic rings. The smallest absolute Gasteiger partial charge is 0.187 e. The van der Waals surface area contributed by atoms with Crippen LogP contribution in [0.5, 0.6) is 0 Å². The Kier molecular flexibility index (Phi) is 18.2. The zero-order valence-electron chi connectivity index (χ0n) is 39.7. The van der Waals surface area contributed by atoms with Crippen LogP contribution in [0.1, 0.15) is 0 Å². The van der Waals surface area contributed by atoms with Gasteiger partial charge < -0.3 is 49.6 Å². The Hall–Kier alpha value is 1.30. The summed E-state index contributed by atoms with van der Waals surface area (Å²) in [6.07, 6.45) is -5.02. The second kappa shape index (κ2) is 19.1. The molecule has 2 heterocycles. The van der Waals surface area contributed by atoms with E-state index in [2.05, 4.69) is 157 Å². The lowest BCUT2D eigenvalue weighted by Gasteiger charge is -2.53. The lowest BCUT2D eigenvalue weighted by atomic mass is 9.98. The fourth-order valence-corrected chi connectivity index (χ4v) is 14.4. The predicted molar refractivity (Wildman–Crippen MR) is 246 cm³/mol. The molecule has 0 spiro atoms. The molecule has 11 nitrogen and oxygen atoms in total.